The Labute approximate surface area is 75.4 Å². The number of nitriles is 1. The predicted octanol–water partition coefficient (Wildman–Crippen LogP) is 1.25. The van der Waals surface area contributed by atoms with E-state index in [4.69, 9.17) is 5.26 Å². The van der Waals surface area contributed by atoms with Gasteiger partial charge in [-0.2, -0.15) is 5.26 Å². The summed E-state index contributed by atoms with van der Waals surface area (Å²) in [6.07, 6.45) is 5.28. The largest absolute Gasteiger partial charge is 0.387 e. The Balaban J connectivity index is 2.76. The van der Waals surface area contributed by atoms with Crippen LogP contribution in [0.1, 0.15) is 5.56 Å². The van der Waals surface area contributed by atoms with E-state index < -0.39 is 0 Å². The summed E-state index contributed by atoms with van der Waals surface area (Å²) in [7, 11) is 1.79. The molecule has 0 bridgehead atoms. The Morgan fingerprint density at radius 3 is 3.15 bits per heavy atom. The van der Waals surface area contributed by atoms with Crippen LogP contribution in [0.25, 0.3) is 5.65 Å². The lowest BCUT2D eigenvalue weighted by atomic mass is 10.2. The van der Waals surface area contributed by atoms with Gasteiger partial charge in [-0.1, -0.05) is 0 Å². The molecular formula is C9H8N4. The molecule has 0 aromatic carbocycles. The summed E-state index contributed by atoms with van der Waals surface area (Å²) in [5.74, 6) is 0. The molecule has 0 amide bonds. The topological polar surface area (TPSA) is 53.1 Å². The number of pyridine rings is 1. The molecule has 13 heavy (non-hydrogen) atoms. The predicted molar refractivity (Wildman–Crippen MR) is 49.5 cm³/mol. The molecule has 0 spiro atoms. The summed E-state index contributed by atoms with van der Waals surface area (Å²) in [4.78, 5) is 4.12. The third kappa shape index (κ3) is 1.11. The van der Waals surface area contributed by atoms with Crippen molar-refractivity contribution in [3.05, 3.63) is 30.2 Å². The van der Waals surface area contributed by atoms with Crippen molar-refractivity contribution in [3.63, 3.8) is 0 Å². The Bertz CT molecular complexity index is 478. The van der Waals surface area contributed by atoms with Crippen molar-refractivity contribution in [2.75, 3.05) is 12.4 Å². The summed E-state index contributed by atoms with van der Waals surface area (Å²) in [6, 6.07) is 3.96. The highest BCUT2D eigenvalue weighted by molar-refractivity contribution is 5.63. The number of imidazole rings is 1. The van der Waals surface area contributed by atoms with E-state index in [-0.39, 0.29) is 0 Å². The highest BCUT2D eigenvalue weighted by Crippen LogP contribution is 2.15. The van der Waals surface area contributed by atoms with Gasteiger partial charge >= 0.3 is 0 Å². The average molecular weight is 172 g/mol. The highest BCUT2D eigenvalue weighted by Gasteiger charge is 2.02. The average Bonchev–Trinajstić information content (AvgIpc) is 2.62. The molecule has 0 atom stereocenters. The molecule has 0 fully saturated rings. The number of nitrogens with zero attached hydrogens (tertiary/aromatic N) is 3. The molecule has 0 saturated carbocycles. The maximum Gasteiger partial charge on any atom is 0.138 e. The van der Waals surface area contributed by atoms with Crippen molar-refractivity contribution in [2.45, 2.75) is 0 Å². The summed E-state index contributed by atoms with van der Waals surface area (Å²) < 4.78 is 1.82. The van der Waals surface area contributed by atoms with Gasteiger partial charge in [0, 0.05) is 31.7 Å². The number of hydrogen-bond acceptors (Lipinski definition) is 3. The zero-order chi connectivity index (χ0) is 9.26. The first-order valence-corrected chi connectivity index (χ1v) is 3.89. The van der Waals surface area contributed by atoms with E-state index in [0.717, 1.165) is 11.3 Å². The van der Waals surface area contributed by atoms with Crippen LogP contribution in [-0.4, -0.2) is 16.4 Å². The second-order valence-electron chi connectivity index (χ2n) is 2.66. The van der Waals surface area contributed by atoms with Crippen molar-refractivity contribution >= 4 is 11.3 Å². The van der Waals surface area contributed by atoms with Crippen LogP contribution in [0.15, 0.2) is 24.7 Å². The van der Waals surface area contributed by atoms with Crippen molar-refractivity contribution in [2.24, 2.45) is 0 Å². The SMILES string of the molecule is CNc1cc2nccn2cc1C#N. The van der Waals surface area contributed by atoms with Crippen molar-refractivity contribution in [1.29, 1.82) is 5.26 Å². The zero-order valence-electron chi connectivity index (χ0n) is 7.15. The van der Waals surface area contributed by atoms with Gasteiger partial charge in [0.15, 0.2) is 0 Å². The number of hydrogen-bond donors (Lipinski definition) is 1. The van der Waals surface area contributed by atoms with Crippen LogP contribution in [0, 0.1) is 11.3 Å². The van der Waals surface area contributed by atoms with E-state index in [1.807, 2.05) is 16.7 Å². The second kappa shape index (κ2) is 2.79. The lowest BCUT2D eigenvalue weighted by Crippen LogP contribution is -1.95. The molecule has 0 aliphatic carbocycles. The standard InChI is InChI=1S/C9H8N4/c1-11-8-4-9-12-2-3-13(9)6-7(8)5-10/h2-4,6,11H,1H3. The molecule has 2 rings (SSSR count). The molecule has 64 valence electrons. The third-order valence-corrected chi connectivity index (χ3v) is 1.92. The van der Waals surface area contributed by atoms with Gasteiger partial charge in [0.1, 0.15) is 11.7 Å². The van der Waals surface area contributed by atoms with E-state index >= 15 is 0 Å². The van der Waals surface area contributed by atoms with Crippen LogP contribution >= 0.6 is 0 Å². The van der Waals surface area contributed by atoms with E-state index in [0.29, 0.717) is 5.56 Å². The Morgan fingerprint density at radius 1 is 1.62 bits per heavy atom. The second-order valence-corrected chi connectivity index (χ2v) is 2.66. The van der Waals surface area contributed by atoms with Gasteiger partial charge in [-0.15, -0.1) is 0 Å². The number of anilines is 1. The maximum absolute atomic E-state index is 8.82. The monoisotopic (exact) mass is 172 g/mol. The molecule has 2 aromatic heterocycles. The smallest absolute Gasteiger partial charge is 0.138 e. The molecule has 0 unspecified atom stereocenters. The number of nitrogens with one attached hydrogen (secondary N) is 1. The molecular weight excluding hydrogens is 164 g/mol. The van der Waals surface area contributed by atoms with Gasteiger partial charge in [0.2, 0.25) is 0 Å². The van der Waals surface area contributed by atoms with Gasteiger partial charge in [-0.3, -0.25) is 0 Å². The van der Waals surface area contributed by atoms with Gasteiger partial charge < -0.3 is 9.72 Å². The maximum atomic E-state index is 8.82. The Morgan fingerprint density at radius 2 is 2.46 bits per heavy atom. The third-order valence-electron chi connectivity index (χ3n) is 1.92. The summed E-state index contributed by atoms with van der Waals surface area (Å²) >= 11 is 0. The molecule has 1 N–H and O–H groups in total. The summed E-state index contributed by atoms with van der Waals surface area (Å²) in [6.45, 7) is 0. The van der Waals surface area contributed by atoms with E-state index in [1.165, 1.54) is 0 Å². The van der Waals surface area contributed by atoms with Gasteiger partial charge in [0.25, 0.3) is 0 Å². The van der Waals surface area contributed by atoms with Crippen LogP contribution in [0.3, 0.4) is 0 Å². The molecule has 0 aliphatic heterocycles. The lowest BCUT2D eigenvalue weighted by molar-refractivity contribution is 1.17. The number of aromatic nitrogens is 2. The molecule has 4 nitrogen and oxygen atoms in total. The first-order chi connectivity index (χ1) is 6.35. The molecule has 2 aromatic rings. The molecule has 0 radical (unpaired) electrons. The van der Waals surface area contributed by atoms with Gasteiger partial charge in [-0.25, -0.2) is 4.98 Å². The number of fused-ring (bicyclic) bond motifs is 1. The minimum Gasteiger partial charge on any atom is -0.387 e. The van der Waals surface area contributed by atoms with Crippen molar-refractivity contribution < 1.29 is 0 Å². The van der Waals surface area contributed by atoms with E-state index in [2.05, 4.69) is 16.4 Å². The summed E-state index contributed by atoms with van der Waals surface area (Å²) in [5, 5.41) is 11.8. The quantitative estimate of drug-likeness (QED) is 0.704. The molecule has 4 heteroatoms. The van der Waals surface area contributed by atoms with Crippen molar-refractivity contribution in [3.8, 4) is 6.07 Å². The zero-order valence-corrected chi connectivity index (χ0v) is 7.15. The highest BCUT2D eigenvalue weighted by atomic mass is 15.0. The van der Waals surface area contributed by atoms with Gasteiger partial charge in [-0.05, 0) is 0 Å². The normalized spacial score (nSPS) is 9.85. The summed E-state index contributed by atoms with van der Waals surface area (Å²) in [5.41, 5.74) is 2.26. The fourth-order valence-electron chi connectivity index (χ4n) is 1.26. The first kappa shape index (κ1) is 7.62. The van der Waals surface area contributed by atoms with Crippen molar-refractivity contribution in [1.82, 2.24) is 9.38 Å². The van der Waals surface area contributed by atoms with E-state index in [1.54, 1.807) is 19.4 Å². The Hall–Kier alpha value is -2.02. The molecule has 0 saturated heterocycles. The van der Waals surface area contributed by atoms with Gasteiger partial charge in [0.05, 0.1) is 11.3 Å². The minimum atomic E-state index is 0.619. The van der Waals surface area contributed by atoms with E-state index in [9.17, 15) is 0 Å². The molecule has 2 heterocycles. The first-order valence-electron chi connectivity index (χ1n) is 3.89. The van der Waals surface area contributed by atoms with Crippen LogP contribution in [0.5, 0.6) is 0 Å². The fraction of sp³-hybridized carbons (Fsp3) is 0.111. The van der Waals surface area contributed by atoms with Crippen LogP contribution in [0.4, 0.5) is 5.69 Å². The lowest BCUT2D eigenvalue weighted by Gasteiger charge is -2.02. The number of rotatable bonds is 1. The van der Waals surface area contributed by atoms with Crippen LogP contribution in [0.2, 0.25) is 0 Å². The fourth-order valence-corrected chi connectivity index (χ4v) is 1.26. The van der Waals surface area contributed by atoms with Crippen LogP contribution in [-0.2, 0) is 0 Å². The van der Waals surface area contributed by atoms with Crippen LogP contribution < -0.4 is 5.32 Å². The Kier molecular flexibility index (Phi) is 1.64. The minimum absolute atomic E-state index is 0.619. The molecule has 0 aliphatic rings.